The predicted molar refractivity (Wildman–Crippen MR) is 109 cm³/mol. The Balaban J connectivity index is 1.82. The summed E-state index contributed by atoms with van der Waals surface area (Å²) < 4.78 is 9.97. The number of anilines is 1. The van der Waals surface area contributed by atoms with Crippen LogP contribution in [0.2, 0.25) is 0 Å². The van der Waals surface area contributed by atoms with E-state index in [0.29, 0.717) is 36.7 Å². The summed E-state index contributed by atoms with van der Waals surface area (Å²) in [6.07, 6.45) is 3.26. The average Bonchev–Trinajstić information content (AvgIpc) is 3.32. The van der Waals surface area contributed by atoms with E-state index in [1.807, 2.05) is 17.5 Å². The van der Waals surface area contributed by atoms with Gasteiger partial charge >= 0.3 is 12.1 Å². The molecule has 7 nitrogen and oxygen atoms in total. The molecule has 3 heterocycles. The van der Waals surface area contributed by atoms with Crippen LogP contribution in [0.5, 0.6) is 0 Å². The number of rotatable bonds is 5. The second-order valence-electron chi connectivity index (χ2n) is 5.91. The molecule has 0 aliphatic carbocycles. The molecule has 1 N–H and O–H groups in total. The summed E-state index contributed by atoms with van der Waals surface area (Å²) in [7, 11) is 1.31. The summed E-state index contributed by atoms with van der Waals surface area (Å²) in [5.74, 6) is -0.834. The van der Waals surface area contributed by atoms with Gasteiger partial charge in [0.2, 0.25) is 5.91 Å². The lowest BCUT2D eigenvalue weighted by Crippen LogP contribution is -2.36. The van der Waals surface area contributed by atoms with Gasteiger partial charge in [-0.25, -0.2) is 9.59 Å². The number of fused-ring (bicyclic) bond motifs is 1. The Hall–Kier alpha value is -2.65. The van der Waals surface area contributed by atoms with Crippen molar-refractivity contribution in [1.29, 1.82) is 0 Å². The SMILES string of the molecule is CCOC(=O)N1CCc2c(sc(NC(=O)C=Cc3cccs3)c2C(=O)OC)C1. The molecule has 0 atom stereocenters. The lowest BCUT2D eigenvalue weighted by Gasteiger charge is -2.26. The van der Waals surface area contributed by atoms with E-state index < -0.39 is 5.97 Å². The van der Waals surface area contributed by atoms with Gasteiger partial charge in [0.15, 0.2) is 0 Å². The number of carbonyl (C=O) groups excluding carboxylic acids is 3. The van der Waals surface area contributed by atoms with Crippen molar-refractivity contribution in [3.63, 3.8) is 0 Å². The number of ether oxygens (including phenoxy) is 2. The Morgan fingerprint density at radius 1 is 1.36 bits per heavy atom. The quantitative estimate of drug-likeness (QED) is 0.588. The molecular weight excluding hydrogens is 400 g/mol. The van der Waals surface area contributed by atoms with Crippen molar-refractivity contribution >= 4 is 51.7 Å². The Morgan fingerprint density at radius 2 is 2.18 bits per heavy atom. The molecule has 0 spiro atoms. The second kappa shape index (κ2) is 9.03. The van der Waals surface area contributed by atoms with Gasteiger partial charge in [0.1, 0.15) is 5.00 Å². The molecule has 0 unspecified atom stereocenters. The summed E-state index contributed by atoms with van der Waals surface area (Å²) in [6.45, 7) is 2.84. The molecule has 1 aliphatic rings. The number of hydrogen-bond acceptors (Lipinski definition) is 7. The van der Waals surface area contributed by atoms with Gasteiger partial charge in [0.05, 0.1) is 25.8 Å². The zero-order valence-electron chi connectivity index (χ0n) is 15.5. The van der Waals surface area contributed by atoms with Gasteiger partial charge in [-0.1, -0.05) is 6.07 Å². The molecule has 28 heavy (non-hydrogen) atoms. The number of thiophene rings is 2. The first-order valence-electron chi connectivity index (χ1n) is 8.70. The van der Waals surface area contributed by atoms with E-state index in [1.165, 1.54) is 35.9 Å². The third-order valence-electron chi connectivity index (χ3n) is 4.15. The normalized spacial score (nSPS) is 13.3. The number of esters is 1. The summed E-state index contributed by atoms with van der Waals surface area (Å²) in [4.78, 5) is 40.0. The van der Waals surface area contributed by atoms with Gasteiger partial charge in [-0.05, 0) is 36.4 Å². The maximum Gasteiger partial charge on any atom is 0.410 e. The number of hydrogen-bond donors (Lipinski definition) is 1. The maximum absolute atomic E-state index is 12.3. The molecule has 148 valence electrons. The van der Waals surface area contributed by atoms with Crippen molar-refractivity contribution in [2.24, 2.45) is 0 Å². The molecule has 2 aromatic heterocycles. The minimum atomic E-state index is -0.500. The number of nitrogens with zero attached hydrogens (tertiary/aromatic N) is 1. The van der Waals surface area contributed by atoms with Crippen molar-refractivity contribution in [1.82, 2.24) is 4.90 Å². The minimum absolute atomic E-state index is 0.303. The van der Waals surface area contributed by atoms with Crippen molar-refractivity contribution < 1.29 is 23.9 Å². The fraction of sp³-hybridized carbons (Fsp3) is 0.316. The summed E-state index contributed by atoms with van der Waals surface area (Å²) in [6, 6.07) is 3.81. The van der Waals surface area contributed by atoms with E-state index in [1.54, 1.807) is 17.9 Å². The Kier molecular flexibility index (Phi) is 6.48. The van der Waals surface area contributed by atoms with E-state index in [9.17, 15) is 14.4 Å². The number of amides is 2. The zero-order valence-corrected chi connectivity index (χ0v) is 17.2. The van der Waals surface area contributed by atoms with E-state index in [-0.39, 0.29) is 12.0 Å². The van der Waals surface area contributed by atoms with Gasteiger partial charge in [0, 0.05) is 22.4 Å². The molecule has 2 aromatic rings. The highest BCUT2D eigenvalue weighted by Crippen LogP contribution is 2.37. The molecule has 0 saturated heterocycles. The highest BCUT2D eigenvalue weighted by molar-refractivity contribution is 7.17. The summed E-state index contributed by atoms with van der Waals surface area (Å²) in [5, 5.41) is 5.14. The molecule has 3 rings (SSSR count). The van der Waals surface area contributed by atoms with Crippen LogP contribution in [0.4, 0.5) is 9.80 Å². The van der Waals surface area contributed by atoms with Gasteiger partial charge < -0.3 is 19.7 Å². The third kappa shape index (κ3) is 4.42. The molecule has 0 radical (unpaired) electrons. The van der Waals surface area contributed by atoms with Gasteiger partial charge in [-0.15, -0.1) is 22.7 Å². The first-order chi connectivity index (χ1) is 13.5. The molecule has 0 saturated carbocycles. The van der Waals surface area contributed by atoms with E-state index in [0.717, 1.165) is 15.3 Å². The smallest absolute Gasteiger partial charge is 0.410 e. The van der Waals surface area contributed by atoms with Crippen molar-refractivity contribution in [3.8, 4) is 0 Å². The van der Waals surface area contributed by atoms with Crippen LogP contribution in [0.3, 0.4) is 0 Å². The van der Waals surface area contributed by atoms with Gasteiger partial charge in [0.25, 0.3) is 0 Å². The van der Waals surface area contributed by atoms with Gasteiger partial charge in [-0.2, -0.15) is 0 Å². The van der Waals surface area contributed by atoms with Crippen LogP contribution in [-0.2, 0) is 27.2 Å². The number of methoxy groups -OCH3 is 1. The first-order valence-corrected chi connectivity index (χ1v) is 10.4. The Labute approximate surface area is 170 Å². The van der Waals surface area contributed by atoms with E-state index in [4.69, 9.17) is 9.47 Å². The van der Waals surface area contributed by atoms with Gasteiger partial charge in [-0.3, -0.25) is 4.79 Å². The lowest BCUT2D eigenvalue weighted by atomic mass is 10.0. The van der Waals surface area contributed by atoms with Crippen molar-refractivity contribution in [2.45, 2.75) is 19.9 Å². The topological polar surface area (TPSA) is 84.9 Å². The summed E-state index contributed by atoms with van der Waals surface area (Å²) in [5.41, 5.74) is 1.18. The van der Waals surface area contributed by atoms with E-state index >= 15 is 0 Å². The molecule has 1 aliphatic heterocycles. The summed E-state index contributed by atoms with van der Waals surface area (Å²) >= 11 is 2.81. The van der Waals surface area contributed by atoms with Crippen LogP contribution < -0.4 is 5.32 Å². The standard InChI is InChI=1S/C19H20N2O5S2/c1-3-26-19(24)21-9-8-13-14(11-21)28-17(16(13)18(23)25-2)20-15(22)7-6-12-5-4-10-27-12/h4-7,10H,3,8-9,11H2,1-2H3,(H,20,22). The number of carbonyl (C=O) groups is 3. The van der Waals surface area contributed by atoms with Crippen molar-refractivity contribution in [3.05, 3.63) is 44.5 Å². The van der Waals surface area contributed by atoms with Crippen LogP contribution in [-0.4, -0.2) is 43.1 Å². The van der Waals surface area contributed by atoms with Crippen LogP contribution in [0.15, 0.2) is 23.6 Å². The molecule has 0 bridgehead atoms. The molecule has 2 amide bonds. The van der Waals surface area contributed by atoms with Crippen LogP contribution in [0.1, 0.15) is 32.6 Å². The Morgan fingerprint density at radius 3 is 2.86 bits per heavy atom. The highest BCUT2D eigenvalue weighted by atomic mass is 32.1. The lowest BCUT2D eigenvalue weighted by molar-refractivity contribution is -0.111. The first kappa shape index (κ1) is 20.1. The average molecular weight is 421 g/mol. The fourth-order valence-corrected chi connectivity index (χ4v) is 4.75. The molecule has 0 aromatic carbocycles. The maximum atomic E-state index is 12.3. The minimum Gasteiger partial charge on any atom is -0.465 e. The fourth-order valence-electron chi connectivity index (χ4n) is 2.88. The molecular formula is C19H20N2O5S2. The second-order valence-corrected chi connectivity index (χ2v) is 7.99. The van der Waals surface area contributed by atoms with Crippen LogP contribution in [0, 0.1) is 0 Å². The largest absolute Gasteiger partial charge is 0.465 e. The molecule has 9 heteroatoms. The number of nitrogens with one attached hydrogen (secondary N) is 1. The monoisotopic (exact) mass is 420 g/mol. The van der Waals surface area contributed by atoms with Crippen LogP contribution >= 0.6 is 22.7 Å². The van der Waals surface area contributed by atoms with Crippen LogP contribution in [0.25, 0.3) is 6.08 Å². The third-order valence-corrected chi connectivity index (χ3v) is 6.12. The molecule has 0 fully saturated rings. The van der Waals surface area contributed by atoms with E-state index in [2.05, 4.69) is 5.32 Å². The zero-order chi connectivity index (χ0) is 20.1. The highest BCUT2D eigenvalue weighted by Gasteiger charge is 2.31. The van der Waals surface area contributed by atoms with Crippen molar-refractivity contribution in [2.75, 3.05) is 25.6 Å². The Bertz CT molecular complexity index is 902. The predicted octanol–water partition coefficient (Wildman–Crippen LogP) is 3.76.